The first-order chi connectivity index (χ1) is 8.69. The number of anilines is 2. The highest BCUT2D eigenvalue weighted by molar-refractivity contribution is 5.48. The van der Waals surface area contributed by atoms with Gasteiger partial charge in [0.2, 0.25) is 0 Å². The Bertz CT molecular complexity index is 492. The zero-order valence-corrected chi connectivity index (χ0v) is 10.7. The summed E-state index contributed by atoms with van der Waals surface area (Å²) in [4.78, 5) is 2.11. The van der Waals surface area contributed by atoms with Crippen LogP contribution in [0.3, 0.4) is 0 Å². The molecule has 0 aliphatic heterocycles. The van der Waals surface area contributed by atoms with Crippen LogP contribution in [0.2, 0.25) is 0 Å². The maximum Gasteiger partial charge on any atom is 0.145 e. The van der Waals surface area contributed by atoms with E-state index >= 15 is 0 Å². The van der Waals surface area contributed by atoms with Gasteiger partial charge in [0.1, 0.15) is 11.6 Å². The maximum absolute atomic E-state index is 5.57. The molecule has 5 heteroatoms. The lowest BCUT2D eigenvalue weighted by Crippen LogP contribution is -2.16. The lowest BCUT2D eigenvalue weighted by atomic mass is 10.2. The van der Waals surface area contributed by atoms with Gasteiger partial charge < -0.3 is 15.4 Å². The predicted octanol–water partition coefficient (Wildman–Crippen LogP) is 2.03. The molecule has 18 heavy (non-hydrogen) atoms. The Morgan fingerprint density at radius 1 is 1.33 bits per heavy atom. The van der Waals surface area contributed by atoms with Gasteiger partial charge in [-0.1, -0.05) is 0 Å². The lowest BCUT2D eigenvalue weighted by Gasteiger charge is -2.18. The summed E-state index contributed by atoms with van der Waals surface area (Å²) < 4.78 is 5.41. The molecule has 96 valence electrons. The second-order valence-corrected chi connectivity index (χ2v) is 4.10. The van der Waals surface area contributed by atoms with Crippen molar-refractivity contribution in [2.75, 3.05) is 24.3 Å². The molecule has 1 aromatic heterocycles. The van der Waals surface area contributed by atoms with Crippen LogP contribution in [-0.2, 0) is 6.54 Å². The Balaban J connectivity index is 2.02. The van der Waals surface area contributed by atoms with E-state index in [-0.39, 0.29) is 0 Å². The number of hydrogen-bond acceptors (Lipinski definition) is 4. The molecule has 2 rings (SSSR count). The van der Waals surface area contributed by atoms with Crippen molar-refractivity contribution in [1.82, 2.24) is 10.2 Å². The number of nitrogens with zero attached hydrogens (tertiary/aromatic N) is 2. The number of benzene rings is 1. The Hall–Kier alpha value is -2.17. The molecule has 0 spiro atoms. The molecule has 2 aromatic rings. The van der Waals surface area contributed by atoms with Crippen LogP contribution in [0.25, 0.3) is 0 Å². The van der Waals surface area contributed by atoms with Crippen LogP contribution in [0.5, 0.6) is 5.75 Å². The van der Waals surface area contributed by atoms with Gasteiger partial charge in [0.05, 0.1) is 18.8 Å². The summed E-state index contributed by atoms with van der Waals surface area (Å²) in [5.74, 6) is 1.41. The van der Waals surface area contributed by atoms with Gasteiger partial charge in [0.15, 0.2) is 0 Å². The molecule has 0 saturated carbocycles. The van der Waals surface area contributed by atoms with Gasteiger partial charge in [-0.05, 0) is 31.2 Å². The summed E-state index contributed by atoms with van der Waals surface area (Å²) in [5.41, 5.74) is 7.68. The molecule has 0 fully saturated rings. The minimum absolute atomic E-state index is 0.519. The Morgan fingerprint density at radius 2 is 2.06 bits per heavy atom. The van der Waals surface area contributed by atoms with Crippen molar-refractivity contribution >= 4 is 11.5 Å². The molecule has 5 nitrogen and oxygen atoms in total. The number of rotatable bonds is 5. The van der Waals surface area contributed by atoms with E-state index in [1.165, 1.54) is 0 Å². The van der Waals surface area contributed by atoms with Gasteiger partial charge in [-0.3, -0.25) is 5.10 Å². The average Bonchev–Trinajstić information content (AvgIpc) is 2.76. The summed E-state index contributed by atoms with van der Waals surface area (Å²) in [6, 6.07) is 9.84. The van der Waals surface area contributed by atoms with Crippen molar-refractivity contribution in [2.24, 2.45) is 0 Å². The molecule has 1 aromatic carbocycles. The highest BCUT2D eigenvalue weighted by Gasteiger charge is 2.04. The van der Waals surface area contributed by atoms with E-state index in [1.54, 1.807) is 0 Å². The second-order valence-electron chi connectivity index (χ2n) is 4.10. The standard InChI is InChI=1S/C13H18N4O/c1-3-18-12-6-4-11(5-7-12)17(2)9-10-8-13(14)16-15-10/h4-8H,3,9H2,1-2H3,(H3,14,15,16). The summed E-state index contributed by atoms with van der Waals surface area (Å²) in [5, 5.41) is 6.80. The largest absolute Gasteiger partial charge is 0.494 e. The Morgan fingerprint density at radius 3 is 2.61 bits per heavy atom. The molecular weight excluding hydrogens is 228 g/mol. The maximum atomic E-state index is 5.57. The molecule has 0 bridgehead atoms. The van der Waals surface area contributed by atoms with Gasteiger partial charge in [-0.15, -0.1) is 0 Å². The van der Waals surface area contributed by atoms with Gasteiger partial charge in [-0.2, -0.15) is 5.10 Å². The predicted molar refractivity (Wildman–Crippen MR) is 72.7 cm³/mol. The van der Waals surface area contributed by atoms with E-state index < -0.39 is 0 Å². The normalized spacial score (nSPS) is 10.3. The van der Waals surface area contributed by atoms with Crippen LogP contribution >= 0.6 is 0 Å². The van der Waals surface area contributed by atoms with Crippen molar-refractivity contribution in [3.63, 3.8) is 0 Å². The molecule has 1 heterocycles. The zero-order chi connectivity index (χ0) is 13.0. The summed E-state index contributed by atoms with van der Waals surface area (Å²) >= 11 is 0. The van der Waals surface area contributed by atoms with Gasteiger partial charge in [0.25, 0.3) is 0 Å². The summed E-state index contributed by atoms with van der Waals surface area (Å²) in [6.45, 7) is 3.39. The molecule has 0 aliphatic rings. The SMILES string of the molecule is CCOc1ccc(N(C)Cc2cc(N)n[nH]2)cc1. The topological polar surface area (TPSA) is 67.2 Å². The van der Waals surface area contributed by atoms with E-state index in [4.69, 9.17) is 10.5 Å². The molecule has 3 N–H and O–H groups in total. The fourth-order valence-corrected chi connectivity index (χ4v) is 1.77. The van der Waals surface area contributed by atoms with E-state index in [9.17, 15) is 0 Å². The third-order valence-corrected chi connectivity index (χ3v) is 2.65. The average molecular weight is 246 g/mol. The quantitative estimate of drug-likeness (QED) is 0.847. The molecule has 0 radical (unpaired) electrons. The minimum atomic E-state index is 0.519. The third kappa shape index (κ3) is 2.94. The van der Waals surface area contributed by atoms with Crippen LogP contribution in [-0.4, -0.2) is 23.9 Å². The fourth-order valence-electron chi connectivity index (χ4n) is 1.77. The molecular formula is C13H18N4O. The number of nitrogen functional groups attached to an aromatic ring is 1. The van der Waals surface area contributed by atoms with Crippen LogP contribution in [0, 0.1) is 0 Å². The number of nitrogens with two attached hydrogens (primary N) is 1. The van der Waals surface area contributed by atoms with Gasteiger partial charge in [-0.25, -0.2) is 0 Å². The molecule has 0 saturated heterocycles. The summed E-state index contributed by atoms with van der Waals surface area (Å²) in [6.07, 6.45) is 0. The van der Waals surface area contributed by atoms with Crippen LogP contribution in [0.15, 0.2) is 30.3 Å². The first-order valence-electron chi connectivity index (χ1n) is 5.93. The zero-order valence-electron chi connectivity index (χ0n) is 10.7. The van der Waals surface area contributed by atoms with Crippen molar-refractivity contribution in [3.05, 3.63) is 36.0 Å². The highest BCUT2D eigenvalue weighted by atomic mass is 16.5. The Labute approximate surface area is 107 Å². The van der Waals surface area contributed by atoms with Gasteiger partial charge in [0, 0.05) is 18.8 Å². The van der Waals surface area contributed by atoms with E-state index in [1.807, 2.05) is 44.3 Å². The van der Waals surface area contributed by atoms with Gasteiger partial charge >= 0.3 is 0 Å². The second kappa shape index (κ2) is 5.44. The monoisotopic (exact) mass is 246 g/mol. The first kappa shape index (κ1) is 12.3. The third-order valence-electron chi connectivity index (χ3n) is 2.65. The number of aromatic amines is 1. The van der Waals surface area contributed by atoms with E-state index in [2.05, 4.69) is 15.1 Å². The van der Waals surface area contributed by atoms with Crippen molar-refractivity contribution < 1.29 is 4.74 Å². The number of hydrogen-bond donors (Lipinski definition) is 2. The van der Waals surface area contributed by atoms with Crippen molar-refractivity contribution in [2.45, 2.75) is 13.5 Å². The van der Waals surface area contributed by atoms with Crippen molar-refractivity contribution in [3.8, 4) is 5.75 Å². The fraction of sp³-hybridized carbons (Fsp3) is 0.308. The van der Waals surface area contributed by atoms with Crippen LogP contribution in [0.1, 0.15) is 12.6 Å². The smallest absolute Gasteiger partial charge is 0.145 e. The first-order valence-corrected chi connectivity index (χ1v) is 5.93. The molecule has 0 amide bonds. The molecule has 0 atom stereocenters. The number of aromatic nitrogens is 2. The molecule has 0 aliphatic carbocycles. The molecule has 0 unspecified atom stereocenters. The van der Waals surface area contributed by atoms with E-state index in [0.29, 0.717) is 12.4 Å². The lowest BCUT2D eigenvalue weighted by molar-refractivity contribution is 0.340. The highest BCUT2D eigenvalue weighted by Crippen LogP contribution is 2.19. The van der Waals surface area contributed by atoms with Crippen molar-refractivity contribution in [1.29, 1.82) is 0 Å². The van der Waals surface area contributed by atoms with Crippen LogP contribution < -0.4 is 15.4 Å². The number of ether oxygens (including phenoxy) is 1. The van der Waals surface area contributed by atoms with E-state index in [0.717, 1.165) is 23.7 Å². The number of H-pyrrole nitrogens is 1. The Kier molecular flexibility index (Phi) is 3.72. The van der Waals surface area contributed by atoms with Crippen LogP contribution in [0.4, 0.5) is 11.5 Å². The minimum Gasteiger partial charge on any atom is -0.494 e. The summed E-state index contributed by atoms with van der Waals surface area (Å²) in [7, 11) is 2.02. The number of nitrogens with one attached hydrogen (secondary N) is 1.